The molecule has 3 heterocycles. The van der Waals surface area contributed by atoms with Crippen molar-refractivity contribution in [3.63, 3.8) is 0 Å². The Morgan fingerprint density at radius 1 is 1.47 bits per heavy atom. The van der Waals surface area contributed by atoms with E-state index in [4.69, 9.17) is 0 Å². The highest BCUT2D eigenvalue weighted by Crippen LogP contribution is 2.21. The first kappa shape index (κ1) is 10.7. The van der Waals surface area contributed by atoms with Gasteiger partial charge in [-0.3, -0.25) is 0 Å². The van der Waals surface area contributed by atoms with Crippen LogP contribution < -0.4 is 10.6 Å². The number of amides is 2. The summed E-state index contributed by atoms with van der Waals surface area (Å²) in [5.41, 5.74) is 1.16. The van der Waals surface area contributed by atoms with Crippen molar-refractivity contribution >= 4 is 6.03 Å². The third kappa shape index (κ3) is 2.15. The van der Waals surface area contributed by atoms with Gasteiger partial charge in [-0.2, -0.15) is 0 Å². The normalized spacial score (nSPS) is 28.7. The Morgan fingerprint density at radius 2 is 2.41 bits per heavy atom. The molecule has 0 aliphatic carbocycles. The molecule has 0 spiro atoms. The maximum Gasteiger partial charge on any atom is 0.318 e. The highest BCUT2D eigenvalue weighted by Gasteiger charge is 2.31. The van der Waals surface area contributed by atoms with Gasteiger partial charge >= 0.3 is 6.03 Å². The fourth-order valence-corrected chi connectivity index (χ4v) is 2.67. The minimum absolute atomic E-state index is 0.0723. The molecule has 2 amide bonds. The van der Waals surface area contributed by atoms with Crippen LogP contribution in [0.5, 0.6) is 0 Å². The lowest BCUT2D eigenvalue weighted by Crippen LogP contribution is -2.33. The van der Waals surface area contributed by atoms with E-state index in [1.54, 1.807) is 0 Å². The van der Waals surface area contributed by atoms with Gasteiger partial charge in [-0.05, 0) is 37.1 Å². The third-order valence-electron chi connectivity index (χ3n) is 3.65. The number of carbonyl (C=O) groups is 1. The molecule has 3 N–H and O–H groups in total. The minimum Gasteiger partial charge on any atom is -0.367 e. The molecule has 17 heavy (non-hydrogen) atoms. The molecule has 5 heteroatoms. The molecule has 2 atom stereocenters. The SMILES string of the molecule is O=C1NC(c2cc[nH]c2)CN1CC1CCNC1. The summed E-state index contributed by atoms with van der Waals surface area (Å²) in [6, 6.07) is 2.23. The smallest absolute Gasteiger partial charge is 0.318 e. The summed E-state index contributed by atoms with van der Waals surface area (Å²) < 4.78 is 0. The fraction of sp³-hybridized carbons (Fsp3) is 0.583. The summed E-state index contributed by atoms with van der Waals surface area (Å²) in [6.45, 7) is 3.78. The third-order valence-corrected chi connectivity index (χ3v) is 3.65. The average molecular weight is 234 g/mol. The van der Waals surface area contributed by atoms with E-state index in [0.29, 0.717) is 5.92 Å². The molecule has 0 saturated carbocycles. The van der Waals surface area contributed by atoms with Gasteiger partial charge in [0.05, 0.1) is 6.04 Å². The Labute approximate surface area is 101 Å². The zero-order valence-corrected chi connectivity index (χ0v) is 9.78. The Hall–Kier alpha value is -1.49. The molecule has 0 radical (unpaired) electrons. The number of nitrogens with one attached hydrogen (secondary N) is 3. The van der Waals surface area contributed by atoms with Gasteiger partial charge in [-0.25, -0.2) is 4.79 Å². The minimum atomic E-state index is 0.0723. The van der Waals surface area contributed by atoms with Crippen molar-refractivity contribution in [2.75, 3.05) is 26.2 Å². The lowest BCUT2D eigenvalue weighted by molar-refractivity contribution is 0.210. The van der Waals surface area contributed by atoms with E-state index in [1.165, 1.54) is 6.42 Å². The quantitative estimate of drug-likeness (QED) is 0.720. The van der Waals surface area contributed by atoms with Gasteiger partial charge in [-0.1, -0.05) is 0 Å². The summed E-state index contributed by atoms with van der Waals surface area (Å²) in [7, 11) is 0. The van der Waals surface area contributed by atoms with E-state index in [1.807, 2.05) is 23.4 Å². The Balaban J connectivity index is 1.61. The molecule has 1 aromatic rings. The van der Waals surface area contributed by atoms with Gasteiger partial charge in [0.15, 0.2) is 0 Å². The second kappa shape index (κ2) is 4.41. The molecule has 5 nitrogen and oxygen atoms in total. The van der Waals surface area contributed by atoms with E-state index in [0.717, 1.165) is 31.7 Å². The van der Waals surface area contributed by atoms with Gasteiger partial charge < -0.3 is 20.5 Å². The average Bonchev–Trinajstić information content (AvgIpc) is 3.02. The largest absolute Gasteiger partial charge is 0.367 e. The van der Waals surface area contributed by atoms with E-state index in [2.05, 4.69) is 15.6 Å². The molecule has 1 aromatic heterocycles. The van der Waals surface area contributed by atoms with Gasteiger partial charge in [0.2, 0.25) is 0 Å². The van der Waals surface area contributed by atoms with E-state index < -0.39 is 0 Å². The monoisotopic (exact) mass is 234 g/mol. The van der Waals surface area contributed by atoms with Gasteiger partial charge in [0.25, 0.3) is 0 Å². The van der Waals surface area contributed by atoms with Crippen LogP contribution in [0.2, 0.25) is 0 Å². The maximum atomic E-state index is 11.9. The van der Waals surface area contributed by atoms with Crippen LogP contribution in [0.3, 0.4) is 0 Å². The zero-order chi connectivity index (χ0) is 11.7. The van der Waals surface area contributed by atoms with Crippen LogP contribution in [-0.2, 0) is 0 Å². The molecule has 2 saturated heterocycles. The molecule has 92 valence electrons. The van der Waals surface area contributed by atoms with Gasteiger partial charge in [0, 0.05) is 25.5 Å². The second-order valence-corrected chi connectivity index (χ2v) is 4.91. The van der Waals surface area contributed by atoms with Crippen molar-refractivity contribution in [2.24, 2.45) is 5.92 Å². The molecule has 2 fully saturated rings. The van der Waals surface area contributed by atoms with Crippen molar-refractivity contribution in [3.8, 4) is 0 Å². The van der Waals surface area contributed by atoms with Crippen LogP contribution in [0.15, 0.2) is 18.5 Å². The van der Waals surface area contributed by atoms with Crippen molar-refractivity contribution in [3.05, 3.63) is 24.0 Å². The lowest BCUT2D eigenvalue weighted by atomic mass is 10.1. The summed E-state index contributed by atoms with van der Waals surface area (Å²) in [5.74, 6) is 0.616. The van der Waals surface area contributed by atoms with Gasteiger partial charge in [0.1, 0.15) is 0 Å². The lowest BCUT2D eigenvalue weighted by Gasteiger charge is -2.18. The van der Waals surface area contributed by atoms with Crippen LogP contribution in [0, 0.1) is 5.92 Å². The number of urea groups is 1. The van der Waals surface area contributed by atoms with Crippen molar-refractivity contribution in [1.29, 1.82) is 0 Å². The van der Waals surface area contributed by atoms with E-state index >= 15 is 0 Å². The number of hydrogen-bond acceptors (Lipinski definition) is 2. The van der Waals surface area contributed by atoms with Crippen LogP contribution in [0.25, 0.3) is 0 Å². The van der Waals surface area contributed by atoms with Crippen molar-refractivity contribution in [1.82, 2.24) is 20.5 Å². The summed E-state index contributed by atoms with van der Waals surface area (Å²) >= 11 is 0. The van der Waals surface area contributed by atoms with Gasteiger partial charge in [-0.15, -0.1) is 0 Å². The number of H-pyrrole nitrogens is 1. The number of aromatic amines is 1. The van der Waals surface area contributed by atoms with Crippen LogP contribution in [-0.4, -0.2) is 42.1 Å². The number of nitrogens with zero attached hydrogens (tertiary/aromatic N) is 1. The highest BCUT2D eigenvalue weighted by atomic mass is 16.2. The second-order valence-electron chi connectivity index (χ2n) is 4.91. The Kier molecular flexibility index (Phi) is 2.76. The molecule has 2 aliphatic rings. The summed E-state index contributed by atoms with van der Waals surface area (Å²) in [5, 5.41) is 6.36. The van der Waals surface area contributed by atoms with Crippen LogP contribution >= 0.6 is 0 Å². The fourth-order valence-electron chi connectivity index (χ4n) is 2.67. The number of hydrogen-bond donors (Lipinski definition) is 3. The van der Waals surface area contributed by atoms with E-state index in [-0.39, 0.29) is 12.1 Å². The zero-order valence-electron chi connectivity index (χ0n) is 9.78. The molecular weight excluding hydrogens is 216 g/mol. The molecule has 0 aromatic carbocycles. The summed E-state index contributed by atoms with van der Waals surface area (Å²) in [6.07, 6.45) is 5.02. The highest BCUT2D eigenvalue weighted by molar-refractivity contribution is 5.77. The first-order chi connectivity index (χ1) is 8.33. The van der Waals surface area contributed by atoms with Crippen molar-refractivity contribution in [2.45, 2.75) is 12.5 Å². The molecule has 3 rings (SSSR count). The first-order valence-electron chi connectivity index (χ1n) is 6.22. The Morgan fingerprint density at radius 3 is 3.12 bits per heavy atom. The molecule has 2 unspecified atom stereocenters. The van der Waals surface area contributed by atoms with Crippen LogP contribution in [0.1, 0.15) is 18.0 Å². The maximum absolute atomic E-state index is 11.9. The number of rotatable bonds is 3. The predicted molar refractivity (Wildman–Crippen MR) is 64.6 cm³/mol. The van der Waals surface area contributed by atoms with Crippen LogP contribution in [0.4, 0.5) is 4.79 Å². The standard InChI is InChI=1S/C12H18N4O/c17-12-15-11(10-2-4-14-6-10)8-16(12)7-9-1-3-13-5-9/h2,4,6,9,11,13-14H,1,3,5,7-8H2,(H,15,17). The van der Waals surface area contributed by atoms with Crippen molar-refractivity contribution < 1.29 is 4.79 Å². The Bertz CT molecular complexity index is 383. The first-order valence-corrected chi connectivity index (χ1v) is 6.22. The number of aromatic nitrogens is 1. The predicted octanol–water partition coefficient (Wildman–Crippen LogP) is 0.690. The number of carbonyl (C=O) groups excluding carboxylic acids is 1. The molecular formula is C12H18N4O. The topological polar surface area (TPSA) is 60.2 Å². The summed E-state index contributed by atoms with van der Waals surface area (Å²) in [4.78, 5) is 16.8. The molecule has 2 aliphatic heterocycles. The van der Waals surface area contributed by atoms with E-state index in [9.17, 15) is 4.79 Å². The molecule has 0 bridgehead atoms.